The van der Waals surface area contributed by atoms with Crippen LogP contribution in [0.25, 0.3) is 0 Å². The molecule has 2 aliphatic rings. The molecule has 1 N–H and O–H groups in total. The SMILES string of the molecule is CC1CCCN(S(=O)(=O)c2ccc(C(=O)N3CCOC(C(=O)O)C3)cc2)C1. The van der Waals surface area contributed by atoms with Crippen LogP contribution in [0.2, 0.25) is 0 Å². The van der Waals surface area contributed by atoms with Crippen molar-refractivity contribution in [3.05, 3.63) is 29.8 Å². The molecule has 27 heavy (non-hydrogen) atoms. The number of morpholine rings is 1. The minimum Gasteiger partial charge on any atom is -0.479 e. The molecule has 0 bridgehead atoms. The number of nitrogens with zero attached hydrogens (tertiary/aromatic N) is 2. The minimum atomic E-state index is -3.57. The molecule has 2 atom stereocenters. The van der Waals surface area contributed by atoms with Crippen LogP contribution >= 0.6 is 0 Å². The molecular formula is C18H24N2O6S. The van der Waals surface area contributed by atoms with E-state index in [1.54, 1.807) is 0 Å². The summed E-state index contributed by atoms with van der Waals surface area (Å²) in [4.78, 5) is 25.2. The first kappa shape index (κ1) is 19.8. The van der Waals surface area contributed by atoms with Gasteiger partial charge in [-0.05, 0) is 43.0 Å². The molecule has 0 aromatic heterocycles. The van der Waals surface area contributed by atoms with Crippen molar-refractivity contribution in [2.75, 3.05) is 32.8 Å². The lowest BCUT2D eigenvalue weighted by atomic mass is 10.0. The molecule has 0 spiro atoms. The number of aliphatic carboxylic acids is 1. The predicted molar refractivity (Wildman–Crippen MR) is 96.9 cm³/mol. The van der Waals surface area contributed by atoms with Gasteiger partial charge in [0.25, 0.3) is 5.91 Å². The van der Waals surface area contributed by atoms with E-state index in [1.165, 1.54) is 33.5 Å². The monoisotopic (exact) mass is 396 g/mol. The summed E-state index contributed by atoms with van der Waals surface area (Å²) in [7, 11) is -3.57. The van der Waals surface area contributed by atoms with Crippen molar-refractivity contribution >= 4 is 21.9 Å². The fourth-order valence-electron chi connectivity index (χ4n) is 3.45. The maximum absolute atomic E-state index is 12.8. The Labute approximate surface area is 158 Å². The van der Waals surface area contributed by atoms with Gasteiger partial charge in [-0.25, -0.2) is 13.2 Å². The summed E-state index contributed by atoms with van der Waals surface area (Å²) < 4.78 is 32.2. The van der Waals surface area contributed by atoms with E-state index in [0.717, 1.165) is 12.8 Å². The van der Waals surface area contributed by atoms with E-state index in [-0.39, 0.29) is 24.0 Å². The highest BCUT2D eigenvalue weighted by Crippen LogP contribution is 2.24. The van der Waals surface area contributed by atoms with Gasteiger partial charge in [0.1, 0.15) is 0 Å². The first-order valence-electron chi connectivity index (χ1n) is 9.03. The molecule has 3 rings (SSSR count). The Hall–Kier alpha value is -1.97. The number of rotatable bonds is 4. The van der Waals surface area contributed by atoms with Crippen molar-refractivity contribution in [3.63, 3.8) is 0 Å². The van der Waals surface area contributed by atoms with Gasteiger partial charge in [0, 0.05) is 25.2 Å². The summed E-state index contributed by atoms with van der Waals surface area (Å²) in [6, 6.07) is 5.84. The number of hydrogen-bond acceptors (Lipinski definition) is 5. The van der Waals surface area contributed by atoms with E-state index in [0.29, 0.717) is 31.1 Å². The summed E-state index contributed by atoms with van der Waals surface area (Å²) in [5.41, 5.74) is 0.326. The largest absolute Gasteiger partial charge is 0.479 e. The van der Waals surface area contributed by atoms with E-state index < -0.39 is 22.1 Å². The molecule has 2 heterocycles. The number of amides is 1. The van der Waals surface area contributed by atoms with Crippen LogP contribution in [0.3, 0.4) is 0 Å². The van der Waals surface area contributed by atoms with Crippen LogP contribution in [0.4, 0.5) is 0 Å². The van der Waals surface area contributed by atoms with Crippen LogP contribution < -0.4 is 0 Å². The topological polar surface area (TPSA) is 104 Å². The van der Waals surface area contributed by atoms with Crippen molar-refractivity contribution < 1.29 is 27.9 Å². The molecule has 2 fully saturated rings. The molecule has 9 heteroatoms. The van der Waals surface area contributed by atoms with Crippen molar-refractivity contribution in [1.29, 1.82) is 0 Å². The van der Waals surface area contributed by atoms with Gasteiger partial charge < -0.3 is 14.7 Å². The lowest BCUT2D eigenvalue weighted by Crippen LogP contribution is -2.48. The van der Waals surface area contributed by atoms with Crippen molar-refractivity contribution in [3.8, 4) is 0 Å². The first-order chi connectivity index (χ1) is 12.8. The summed E-state index contributed by atoms with van der Waals surface area (Å²) in [5.74, 6) is -1.11. The van der Waals surface area contributed by atoms with Crippen LogP contribution in [0.15, 0.2) is 29.2 Å². The Bertz CT molecular complexity index is 808. The lowest BCUT2D eigenvalue weighted by molar-refractivity contribution is -0.154. The first-order valence-corrected chi connectivity index (χ1v) is 10.5. The number of piperidine rings is 1. The summed E-state index contributed by atoms with van der Waals surface area (Å²) in [5, 5.41) is 9.04. The van der Waals surface area contributed by atoms with E-state index in [9.17, 15) is 18.0 Å². The van der Waals surface area contributed by atoms with Crippen LogP contribution in [0, 0.1) is 5.92 Å². The van der Waals surface area contributed by atoms with Gasteiger partial charge in [-0.3, -0.25) is 4.79 Å². The van der Waals surface area contributed by atoms with Crippen LogP contribution in [-0.2, 0) is 19.6 Å². The molecular weight excluding hydrogens is 372 g/mol. The molecule has 1 aromatic carbocycles. The van der Waals surface area contributed by atoms with Crippen molar-refractivity contribution in [2.45, 2.75) is 30.8 Å². The van der Waals surface area contributed by atoms with E-state index in [2.05, 4.69) is 0 Å². The second kappa shape index (κ2) is 7.95. The highest BCUT2D eigenvalue weighted by molar-refractivity contribution is 7.89. The molecule has 2 aliphatic heterocycles. The molecule has 0 saturated carbocycles. The number of hydrogen-bond donors (Lipinski definition) is 1. The van der Waals surface area contributed by atoms with Gasteiger partial charge in [-0.2, -0.15) is 4.31 Å². The Balaban J connectivity index is 1.73. The Kier molecular flexibility index (Phi) is 5.83. The average Bonchev–Trinajstić information content (AvgIpc) is 2.67. The second-order valence-electron chi connectivity index (χ2n) is 7.08. The van der Waals surface area contributed by atoms with Gasteiger partial charge in [-0.1, -0.05) is 6.92 Å². The third-order valence-electron chi connectivity index (χ3n) is 4.99. The van der Waals surface area contributed by atoms with E-state index in [1.807, 2.05) is 6.92 Å². The third kappa shape index (κ3) is 4.31. The Morgan fingerprint density at radius 3 is 2.48 bits per heavy atom. The zero-order chi connectivity index (χ0) is 19.6. The zero-order valence-corrected chi connectivity index (χ0v) is 16.0. The Morgan fingerprint density at radius 2 is 1.85 bits per heavy atom. The summed E-state index contributed by atoms with van der Waals surface area (Å²) in [6.45, 7) is 3.48. The second-order valence-corrected chi connectivity index (χ2v) is 9.02. The fourth-order valence-corrected chi connectivity index (χ4v) is 5.05. The van der Waals surface area contributed by atoms with E-state index in [4.69, 9.17) is 9.84 Å². The molecule has 0 radical (unpaired) electrons. The van der Waals surface area contributed by atoms with Crippen LogP contribution in [0.5, 0.6) is 0 Å². The minimum absolute atomic E-state index is 0.0279. The third-order valence-corrected chi connectivity index (χ3v) is 6.87. The smallest absolute Gasteiger partial charge is 0.334 e. The highest BCUT2D eigenvalue weighted by Gasteiger charge is 2.31. The molecule has 1 aromatic rings. The maximum Gasteiger partial charge on any atom is 0.334 e. The molecule has 148 valence electrons. The fraction of sp³-hybridized carbons (Fsp3) is 0.556. The van der Waals surface area contributed by atoms with Crippen molar-refractivity contribution in [1.82, 2.24) is 9.21 Å². The van der Waals surface area contributed by atoms with Gasteiger partial charge in [0.15, 0.2) is 6.10 Å². The number of carbonyl (C=O) groups excluding carboxylic acids is 1. The number of sulfonamides is 1. The number of benzene rings is 1. The number of carboxylic acid groups (broad SMARTS) is 1. The standard InChI is InChI=1S/C18H24N2O6S/c1-13-3-2-8-20(11-13)27(24,25)15-6-4-14(5-7-15)17(21)19-9-10-26-16(12-19)18(22)23/h4-7,13,16H,2-3,8-12H2,1H3,(H,22,23). The van der Waals surface area contributed by atoms with Gasteiger partial charge in [0.2, 0.25) is 10.0 Å². The molecule has 1 amide bonds. The van der Waals surface area contributed by atoms with Gasteiger partial charge in [0.05, 0.1) is 18.0 Å². The molecule has 8 nitrogen and oxygen atoms in total. The lowest BCUT2D eigenvalue weighted by Gasteiger charge is -2.31. The van der Waals surface area contributed by atoms with Gasteiger partial charge >= 0.3 is 5.97 Å². The number of carboxylic acids is 1. The maximum atomic E-state index is 12.8. The molecule has 2 unspecified atom stereocenters. The zero-order valence-electron chi connectivity index (χ0n) is 15.2. The van der Waals surface area contributed by atoms with Gasteiger partial charge in [-0.15, -0.1) is 0 Å². The summed E-state index contributed by atoms with van der Waals surface area (Å²) >= 11 is 0. The van der Waals surface area contributed by atoms with E-state index >= 15 is 0 Å². The predicted octanol–water partition coefficient (Wildman–Crippen LogP) is 1.03. The molecule has 2 saturated heterocycles. The number of ether oxygens (including phenoxy) is 1. The van der Waals surface area contributed by atoms with Crippen LogP contribution in [-0.4, -0.2) is 73.5 Å². The Morgan fingerprint density at radius 1 is 1.15 bits per heavy atom. The molecule has 0 aliphatic carbocycles. The highest BCUT2D eigenvalue weighted by atomic mass is 32.2. The normalized spacial score (nSPS) is 24.6. The number of carbonyl (C=O) groups is 2. The van der Waals surface area contributed by atoms with Crippen LogP contribution in [0.1, 0.15) is 30.1 Å². The van der Waals surface area contributed by atoms with Crippen molar-refractivity contribution in [2.24, 2.45) is 5.92 Å². The summed E-state index contributed by atoms with van der Waals surface area (Å²) in [6.07, 6.45) is 0.832. The average molecular weight is 396 g/mol. The quantitative estimate of drug-likeness (QED) is 0.815.